The summed E-state index contributed by atoms with van der Waals surface area (Å²) in [7, 11) is -2.97. The maximum atomic E-state index is 10.9. The van der Waals surface area contributed by atoms with Gasteiger partial charge in [-0.3, -0.25) is 4.99 Å². The zero-order valence-corrected chi connectivity index (χ0v) is 16.1. The second-order valence-electron chi connectivity index (χ2n) is 4.68. The predicted molar refractivity (Wildman–Crippen MR) is 102 cm³/mol. The fraction of sp³-hybridized carbons (Fsp3) is 0.500. The first-order chi connectivity index (χ1) is 9.90. The highest BCUT2D eigenvalue weighted by Crippen LogP contribution is 2.09. The van der Waals surface area contributed by atoms with Crippen molar-refractivity contribution in [2.24, 2.45) is 10.7 Å². The molecule has 0 aromatic heterocycles. The summed E-state index contributed by atoms with van der Waals surface area (Å²) >= 11 is 0. The summed E-state index contributed by atoms with van der Waals surface area (Å²) in [6.45, 7) is 3.00. The molecule has 8 heteroatoms. The molecule has 0 amide bonds. The fourth-order valence-corrected chi connectivity index (χ4v) is 1.97. The number of benzene rings is 1. The quantitative estimate of drug-likeness (QED) is 0.277. The summed E-state index contributed by atoms with van der Waals surface area (Å²) in [6.07, 6.45) is 2.18. The molecule has 0 aliphatic carbocycles. The van der Waals surface area contributed by atoms with Crippen LogP contribution in [-0.2, 0) is 21.0 Å². The SMILES string of the molecule is CCc1ccc(NC(N)=NCCOCCS(C)(=O)=O)cc1.I. The second-order valence-corrected chi connectivity index (χ2v) is 6.94. The lowest BCUT2D eigenvalue weighted by molar-refractivity contribution is 0.157. The highest BCUT2D eigenvalue weighted by molar-refractivity contribution is 14.0. The van der Waals surface area contributed by atoms with Crippen molar-refractivity contribution >= 4 is 45.5 Å². The molecular formula is C14H24IN3O3S. The number of rotatable bonds is 8. The highest BCUT2D eigenvalue weighted by Gasteiger charge is 2.01. The van der Waals surface area contributed by atoms with E-state index in [-0.39, 0.29) is 36.3 Å². The topological polar surface area (TPSA) is 93.8 Å². The lowest BCUT2D eigenvalue weighted by Crippen LogP contribution is -2.23. The van der Waals surface area contributed by atoms with Gasteiger partial charge in [-0.2, -0.15) is 0 Å². The van der Waals surface area contributed by atoms with Crippen molar-refractivity contribution in [1.29, 1.82) is 0 Å². The minimum Gasteiger partial charge on any atom is -0.378 e. The van der Waals surface area contributed by atoms with Crippen LogP contribution in [0.15, 0.2) is 29.3 Å². The minimum atomic E-state index is -2.97. The van der Waals surface area contributed by atoms with Crippen LogP contribution in [0.4, 0.5) is 5.69 Å². The first-order valence-electron chi connectivity index (χ1n) is 6.82. The maximum absolute atomic E-state index is 10.9. The van der Waals surface area contributed by atoms with Gasteiger partial charge in [-0.05, 0) is 24.1 Å². The molecule has 0 spiro atoms. The number of nitrogens with one attached hydrogen (secondary N) is 1. The first kappa shape index (κ1) is 21.1. The Hall–Kier alpha value is -0.870. The van der Waals surface area contributed by atoms with Gasteiger partial charge in [0.25, 0.3) is 0 Å². The van der Waals surface area contributed by atoms with Crippen molar-refractivity contribution in [3.63, 3.8) is 0 Å². The van der Waals surface area contributed by atoms with Crippen LogP contribution < -0.4 is 11.1 Å². The number of anilines is 1. The van der Waals surface area contributed by atoms with Crippen molar-refractivity contribution in [3.8, 4) is 0 Å². The van der Waals surface area contributed by atoms with E-state index in [1.165, 1.54) is 11.8 Å². The molecular weight excluding hydrogens is 417 g/mol. The molecule has 0 radical (unpaired) electrons. The number of nitrogens with zero attached hydrogens (tertiary/aromatic N) is 1. The molecule has 0 bridgehead atoms. The van der Waals surface area contributed by atoms with Gasteiger partial charge in [0.15, 0.2) is 5.96 Å². The number of aliphatic imine (C=N–C) groups is 1. The van der Waals surface area contributed by atoms with Gasteiger partial charge in [0, 0.05) is 11.9 Å². The zero-order valence-electron chi connectivity index (χ0n) is 12.9. The Morgan fingerprint density at radius 2 is 1.91 bits per heavy atom. The summed E-state index contributed by atoms with van der Waals surface area (Å²) in [5.41, 5.74) is 7.89. The number of halogens is 1. The van der Waals surface area contributed by atoms with Crippen LogP contribution in [-0.4, -0.2) is 46.1 Å². The molecule has 0 unspecified atom stereocenters. The monoisotopic (exact) mass is 441 g/mol. The Morgan fingerprint density at radius 1 is 1.27 bits per heavy atom. The van der Waals surface area contributed by atoms with Crippen LogP contribution in [0.1, 0.15) is 12.5 Å². The summed E-state index contributed by atoms with van der Waals surface area (Å²) in [5.74, 6) is 0.333. The van der Waals surface area contributed by atoms with Crippen LogP contribution in [0.2, 0.25) is 0 Å². The molecule has 126 valence electrons. The third-order valence-electron chi connectivity index (χ3n) is 2.75. The Labute approximate surface area is 149 Å². The summed E-state index contributed by atoms with van der Waals surface area (Å²) in [5, 5.41) is 2.98. The Kier molecular flexibility index (Phi) is 10.4. The number of nitrogens with two attached hydrogens (primary N) is 1. The second kappa shape index (κ2) is 10.8. The van der Waals surface area contributed by atoms with Gasteiger partial charge in [-0.25, -0.2) is 8.42 Å². The van der Waals surface area contributed by atoms with E-state index in [1.54, 1.807) is 0 Å². The number of ether oxygens (including phenoxy) is 1. The van der Waals surface area contributed by atoms with Gasteiger partial charge >= 0.3 is 0 Å². The van der Waals surface area contributed by atoms with E-state index in [1.807, 2.05) is 24.3 Å². The van der Waals surface area contributed by atoms with Gasteiger partial charge in [-0.1, -0.05) is 19.1 Å². The van der Waals surface area contributed by atoms with E-state index in [0.29, 0.717) is 19.1 Å². The molecule has 0 fully saturated rings. The van der Waals surface area contributed by atoms with Gasteiger partial charge in [0.05, 0.1) is 25.5 Å². The van der Waals surface area contributed by atoms with Crippen molar-refractivity contribution < 1.29 is 13.2 Å². The van der Waals surface area contributed by atoms with Gasteiger partial charge in [0.2, 0.25) is 0 Å². The first-order valence-corrected chi connectivity index (χ1v) is 8.88. The van der Waals surface area contributed by atoms with Crippen molar-refractivity contribution in [3.05, 3.63) is 29.8 Å². The van der Waals surface area contributed by atoms with Crippen LogP contribution in [0, 0.1) is 0 Å². The Balaban J connectivity index is 0.00000441. The third kappa shape index (κ3) is 9.96. The molecule has 0 heterocycles. The van der Waals surface area contributed by atoms with Gasteiger partial charge in [0.1, 0.15) is 9.84 Å². The number of sulfone groups is 1. The molecule has 0 saturated carbocycles. The van der Waals surface area contributed by atoms with Crippen LogP contribution in [0.5, 0.6) is 0 Å². The largest absolute Gasteiger partial charge is 0.378 e. The molecule has 0 saturated heterocycles. The molecule has 0 aliphatic rings. The molecule has 1 aromatic carbocycles. The average Bonchev–Trinajstić information content (AvgIpc) is 2.42. The highest BCUT2D eigenvalue weighted by atomic mass is 127. The number of guanidine groups is 1. The van der Waals surface area contributed by atoms with Crippen LogP contribution in [0.3, 0.4) is 0 Å². The maximum Gasteiger partial charge on any atom is 0.193 e. The zero-order chi connectivity index (χ0) is 15.7. The Morgan fingerprint density at radius 3 is 2.45 bits per heavy atom. The van der Waals surface area contributed by atoms with E-state index in [2.05, 4.69) is 17.2 Å². The third-order valence-corrected chi connectivity index (χ3v) is 3.66. The van der Waals surface area contributed by atoms with Crippen molar-refractivity contribution in [1.82, 2.24) is 0 Å². The molecule has 1 aromatic rings. The van der Waals surface area contributed by atoms with Crippen LogP contribution >= 0.6 is 24.0 Å². The number of hydrogen-bond acceptors (Lipinski definition) is 4. The predicted octanol–water partition coefficient (Wildman–Crippen LogP) is 1.65. The fourth-order valence-electron chi connectivity index (χ4n) is 1.55. The minimum absolute atomic E-state index is 0. The molecule has 6 nitrogen and oxygen atoms in total. The average molecular weight is 441 g/mol. The van der Waals surface area contributed by atoms with Gasteiger partial charge < -0.3 is 15.8 Å². The molecule has 3 N–H and O–H groups in total. The molecule has 1 rings (SSSR count). The molecule has 0 atom stereocenters. The van der Waals surface area contributed by atoms with Gasteiger partial charge in [-0.15, -0.1) is 24.0 Å². The normalized spacial score (nSPS) is 11.8. The van der Waals surface area contributed by atoms with Crippen LogP contribution in [0.25, 0.3) is 0 Å². The summed E-state index contributed by atoms with van der Waals surface area (Å²) < 4.78 is 26.9. The number of aryl methyl sites for hydroxylation is 1. The van der Waals surface area contributed by atoms with E-state index in [4.69, 9.17) is 10.5 Å². The smallest absolute Gasteiger partial charge is 0.193 e. The van der Waals surface area contributed by atoms with E-state index < -0.39 is 9.84 Å². The van der Waals surface area contributed by atoms with Crippen molar-refractivity contribution in [2.75, 3.05) is 37.1 Å². The lowest BCUT2D eigenvalue weighted by atomic mass is 10.1. The lowest BCUT2D eigenvalue weighted by Gasteiger charge is -2.06. The summed E-state index contributed by atoms with van der Waals surface area (Å²) in [4.78, 5) is 4.10. The Bertz CT molecular complexity index is 559. The van der Waals surface area contributed by atoms with E-state index in [9.17, 15) is 8.42 Å². The molecule has 0 aliphatic heterocycles. The molecule has 22 heavy (non-hydrogen) atoms. The standard InChI is InChI=1S/C14H23N3O3S.HI/c1-3-12-4-6-13(7-5-12)17-14(15)16-8-9-20-10-11-21(2,18)19;/h4-7H,3,8-11H2,1-2H3,(H3,15,16,17);1H. The number of hydrogen-bond donors (Lipinski definition) is 2. The van der Waals surface area contributed by atoms with E-state index in [0.717, 1.165) is 12.1 Å². The summed E-state index contributed by atoms with van der Waals surface area (Å²) in [6, 6.07) is 7.96. The van der Waals surface area contributed by atoms with E-state index >= 15 is 0 Å². The van der Waals surface area contributed by atoms with Crippen molar-refractivity contribution in [2.45, 2.75) is 13.3 Å².